The van der Waals surface area contributed by atoms with Crippen LogP contribution in [0.3, 0.4) is 0 Å². The molecule has 0 radical (unpaired) electrons. The molecule has 1 aliphatic heterocycles. The van der Waals surface area contributed by atoms with Gasteiger partial charge in [-0.15, -0.1) is 0 Å². The Morgan fingerprint density at radius 3 is 2.69 bits per heavy atom. The van der Waals surface area contributed by atoms with E-state index < -0.39 is 5.54 Å². The van der Waals surface area contributed by atoms with Gasteiger partial charge in [-0.3, -0.25) is 19.2 Å². The second-order valence-corrected chi connectivity index (χ2v) is 9.12. The molecular formula is C28H28N4O3. The Bertz CT molecular complexity index is 1390. The number of carbonyl (C=O) groups is 2. The molecule has 0 aliphatic carbocycles. The summed E-state index contributed by atoms with van der Waals surface area (Å²) in [5.41, 5.74) is 3.66. The van der Waals surface area contributed by atoms with Gasteiger partial charge in [0.25, 0.3) is 5.91 Å². The molecule has 7 nitrogen and oxygen atoms in total. The molecule has 4 aromatic rings. The maximum Gasteiger partial charge on any atom is 0.277 e. The third-order valence-electron chi connectivity index (χ3n) is 6.57. The van der Waals surface area contributed by atoms with Crippen LogP contribution in [0.5, 0.6) is 0 Å². The van der Waals surface area contributed by atoms with Gasteiger partial charge in [-0.25, -0.2) is 0 Å². The van der Waals surface area contributed by atoms with Crippen LogP contribution in [0, 0.1) is 6.92 Å². The monoisotopic (exact) mass is 468 g/mol. The van der Waals surface area contributed by atoms with Crippen molar-refractivity contribution in [2.45, 2.75) is 45.8 Å². The highest BCUT2D eigenvalue weighted by Gasteiger charge is 2.49. The number of anilines is 1. The van der Waals surface area contributed by atoms with Gasteiger partial charge in [0.1, 0.15) is 16.9 Å². The Morgan fingerprint density at radius 1 is 1.11 bits per heavy atom. The molecule has 0 spiro atoms. The number of para-hydroxylation sites is 1. The zero-order valence-electron chi connectivity index (χ0n) is 20.1. The number of fused-ring (bicyclic) bond motifs is 1. The Labute approximate surface area is 204 Å². The lowest BCUT2D eigenvalue weighted by Crippen LogP contribution is -2.64. The summed E-state index contributed by atoms with van der Waals surface area (Å²) in [5, 5.41) is 7.68. The van der Waals surface area contributed by atoms with E-state index >= 15 is 0 Å². The maximum atomic E-state index is 14.0. The molecule has 2 aromatic heterocycles. The third kappa shape index (κ3) is 4.03. The van der Waals surface area contributed by atoms with Gasteiger partial charge in [-0.1, -0.05) is 55.0 Å². The molecule has 0 bridgehead atoms. The number of hydrogen-bond donors (Lipinski definition) is 1. The molecule has 0 fully saturated rings. The van der Waals surface area contributed by atoms with E-state index in [1.807, 2.05) is 62.4 Å². The van der Waals surface area contributed by atoms with Crippen molar-refractivity contribution in [1.29, 1.82) is 0 Å². The highest BCUT2D eigenvalue weighted by atomic mass is 16.3. The summed E-state index contributed by atoms with van der Waals surface area (Å²) >= 11 is 0. The van der Waals surface area contributed by atoms with Gasteiger partial charge in [-0.2, -0.15) is 5.10 Å². The van der Waals surface area contributed by atoms with Crippen molar-refractivity contribution >= 4 is 17.5 Å². The van der Waals surface area contributed by atoms with Crippen molar-refractivity contribution in [2.75, 3.05) is 4.90 Å². The summed E-state index contributed by atoms with van der Waals surface area (Å²) in [6.45, 7) is 6.46. The van der Waals surface area contributed by atoms with Crippen LogP contribution < -0.4 is 10.2 Å². The molecule has 2 aromatic carbocycles. The average molecular weight is 469 g/mol. The van der Waals surface area contributed by atoms with E-state index in [2.05, 4.69) is 10.4 Å². The Morgan fingerprint density at radius 2 is 1.94 bits per heavy atom. The predicted molar refractivity (Wildman–Crippen MR) is 134 cm³/mol. The number of hydrogen-bond acceptors (Lipinski definition) is 4. The van der Waals surface area contributed by atoms with E-state index in [9.17, 15) is 9.59 Å². The number of aryl methyl sites for hydroxylation is 2. The Kier molecular flexibility index (Phi) is 5.76. The lowest BCUT2D eigenvalue weighted by atomic mass is 9.92. The van der Waals surface area contributed by atoms with Gasteiger partial charge in [0.2, 0.25) is 5.91 Å². The number of rotatable bonds is 6. The molecule has 1 aliphatic rings. The van der Waals surface area contributed by atoms with E-state index in [4.69, 9.17) is 4.42 Å². The SMILES string of the molecule is CCc1ccccc1N1C(=O)c2cc(-c3ccco3)nn2CC1(C)C(=O)NCc1cccc(C)c1. The van der Waals surface area contributed by atoms with Gasteiger partial charge in [0, 0.05) is 18.3 Å². The molecule has 2 amide bonds. The minimum Gasteiger partial charge on any atom is -0.463 e. The van der Waals surface area contributed by atoms with Crippen molar-refractivity contribution in [3.8, 4) is 11.5 Å². The zero-order chi connectivity index (χ0) is 24.6. The molecule has 1 atom stereocenters. The molecule has 1 N–H and O–H groups in total. The number of furan rings is 1. The van der Waals surface area contributed by atoms with Crippen LogP contribution in [0.4, 0.5) is 5.69 Å². The molecule has 3 heterocycles. The van der Waals surface area contributed by atoms with Gasteiger partial charge in [0.05, 0.1) is 12.8 Å². The number of amides is 2. The topological polar surface area (TPSA) is 80.4 Å². The fourth-order valence-electron chi connectivity index (χ4n) is 4.73. The van der Waals surface area contributed by atoms with Gasteiger partial charge in [-0.05, 0) is 49.6 Å². The lowest BCUT2D eigenvalue weighted by molar-refractivity contribution is -0.126. The number of nitrogens with zero attached hydrogens (tertiary/aromatic N) is 3. The molecule has 178 valence electrons. The van der Waals surface area contributed by atoms with Crippen LogP contribution in [0.15, 0.2) is 77.4 Å². The molecule has 7 heteroatoms. The average Bonchev–Trinajstić information content (AvgIpc) is 3.53. The lowest BCUT2D eigenvalue weighted by Gasteiger charge is -2.43. The van der Waals surface area contributed by atoms with E-state index in [0.29, 0.717) is 23.7 Å². The maximum absolute atomic E-state index is 14.0. The van der Waals surface area contributed by atoms with Crippen molar-refractivity contribution in [3.05, 3.63) is 95.4 Å². The van der Waals surface area contributed by atoms with Crippen LogP contribution in [0.2, 0.25) is 0 Å². The quantitative estimate of drug-likeness (QED) is 0.443. The molecule has 5 rings (SSSR count). The second kappa shape index (κ2) is 8.91. The number of aromatic nitrogens is 2. The summed E-state index contributed by atoms with van der Waals surface area (Å²) in [5.74, 6) is 0.0698. The fourth-order valence-corrected chi connectivity index (χ4v) is 4.73. The highest BCUT2D eigenvalue weighted by Crippen LogP contribution is 2.36. The normalized spacial score (nSPS) is 17.3. The Balaban J connectivity index is 1.56. The minimum atomic E-state index is -1.19. The van der Waals surface area contributed by atoms with Crippen LogP contribution >= 0.6 is 0 Å². The van der Waals surface area contributed by atoms with Gasteiger partial charge >= 0.3 is 0 Å². The van der Waals surface area contributed by atoms with Gasteiger partial charge < -0.3 is 9.73 Å². The molecule has 1 unspecified atom stereocenters. The predicted octanol–water partition coefficient (Wildman–Crippen LogP) is 4.75. The first-order chi connectivity index (χ1) is 16.9. The van der Waals surface area contributed by atoms with Crippen LogP contribution in [-0.4, -0.2) is 27.1 Å². The first-order valence-electron chi connectivity index (χ1n) is 11.8. The van der Waals surface area contributed by atoms with E-state index in [1.165, 1.54) is 0 Å². The van der Waals surface area contributed by atoms with Crippen molar-refractivity contribution in [1.82, 2.24) is 15.1 Å². The Hall–Kier alpha value is -4.13. The van der Waals surface area contributed by atoms with Crippen LogP contribution in [0.25, 0.3) is 11.5 Å². The second-order valence-electron chi connectivity index (χ2n) is 9.12. The minimum absolute atomic E-state index is 0.215. The fraction of sp³-hybridized carbons (Fsp3) is 0.250. The smallest absolute Gasteiger partial charge is 0.277 e. The molecule has 0 saturated heterocycles. The zero-order valence-corrected chi connectivity index (χ0v) is 20.1. The molecule has 0 saturated carbocycles. The number of benzene rings is 2. The number of carbonyl (C=O) groups excluding carboxylic acids is 2. The van der Waals surface area contributed by atoms with E-state index in [0.717, 1.165) is 28.8 Å². The third-order valence-corrected chi connectivity index (χ3v) is 6.57. The summed E-state index contributed by atoms with van der Waals surface area (Å²) in [7, 11) is 0. The largest absolute Gasteiger partial charge is 0.463 e. The summed E-state index contributed by atoms with van der Waals surface area (Å²) in [4.78, 5) is 29.4. The first-order valence-corrected chi connectivity index (χ1v) is 11.8. The summed E-state index contributed by atoms with van der Waals surface area (Å²) in [6, 6.07) is 21.1. The summed E-state index contributed by atoms with van der Waals surface area (Å²) < 4.78 is 7.12. The van der Waals surface area contributed by atoms with Crippen LogP contribution in [-0.2, 0) is 24.3 Å². The van der Waals surface area contributed by atoms with E-state index in [1.54, 1.807) is 41.0 Å². The van der Waals surface area contributed by atoms with E-state index in [-0.39, 0.29) is 18.4 Å². The molecule has 35 heavy (non-hydrogen) atoms. The standard InChI is InChI=1S/C28H28N4O3/c1-4-21-11-5-6-12-23(21)32-26(33)24-16-22(25-13-8-14-35-25)30-31(24)18-28(32,3)27(34)29-17-20-10-7-9-19(2)15-20/h5-16H,4,17-18H2,1-3H3,(H,29,34). The first kappa shape index (κ1) is 22.7. The van der Waals surface area contributed by atoms with Crippen molar-refractivity contribution in [2.24, 2.45) is 0 Å². The van der Waals surface area contributed by atoms with Crippen LogP contribution in [0.1, 0.15) is 41.0 Å². The highest BCUT2D eigenvalue weighted by molar-refractivity contribution is 6.12. The number of nitrogens with one attached hydrogen (secondary N) is 1. The van der Waals surface area contributed by atoms with Crippen molar-refractivity contribution in [3.63, 3.8) is 0 Å². The molecular weight excluding hydrogens is 440 g/mol. The van der Waals surface area contributed by atoms with Crippen molar-refractivity contribution < 1.29 is 14.0 Å². The summed E-state index contributed by atoms with van der Waals surface area (Å²) in [6.07, 6.45) is 2.31. The van der Waals surface area contributed by atoms with Gasteiger partial charge in [0.15, 0.2) is 5.76 Å².